The Hall–Kier alpha value is -2.63. The standard InChI is InChI=1S/C15H10F3N3/c16-15(17,18)9-4-3-5-10(8-9)20-14-12-7-2-1-6-11(12)13(19)21-14/h1-8H,(H2,19,20,21). The summed E-state index contributed by atoms with van der Waals surface area (Å²) < 4.78 is 38.1. The summed E-state index contributed by atoms with van der Waals surface area (Å²) in [6.07, 6.45) is -4.40. The number of rotatable bonds is 1. The van der Waals surface area contributed by atoms with Crippen molar-refractivity contribution in [1.29, 1.82) is 0 Å². The van der Waals surface area contributed by atoms with Crippen molar-refractivity contribution < 1.29 is 13.2 Å². The van der Waals surface area contributed by atoms with Crippen LogP contribution in [0.2, 0.25) is 0 Å². The van der Waals surface area contributed by atoms with Crippen molar-refractivity contribution in [2.45, 2.75) is 6.18 Å². The first kappa shape index (κ1) is 13.4. The van der Waals surface area contributed by atoms with Gasteiger partial charge in [0.25, 0.3) is 0 Å². The average Bonchev–Trinajstić information content (AvgIpc) is 2.76. The second-order valence-corrected chi connectivity index (χ2v) is 4.53. The van der Waals surface area contributed by atoms with Gasteiger partial charge in [-0.15, -0.1) is 0 Å². The molecule has 1 aliphatic heterocycles. The van der Waals surface area contributed by atoms with E-state index < -0.39 is 11.7 Å². The van der Waals surface area contributed by atoms with E-state index in [9.17, 15) is 13.2 Å². The molecule has 0 aliphatic carbocycles. The van der Waals surface area contributed by atoms with Gasteiger partial charge in [0.05, 0.1) is 11.3 Å². The van der Waals surface area contributed by atoms with E-state index in [0.29, 0.717) is 17.2 Å². The van der Waals surface area contributed by atoms with Gasteiger partial charge in [0, 0.05) is 11.1 Å². The van der Waals surface area contributed by atoms with Crippen LogP contribution < -0.4 is 5.73 Å². The van der Waals surface area contributed by atoms with E-state index in [1.807, 2.05) is 6.07 Å². The third-order valence-corrected chi connectivity index (χ3v) is 3.08. The summed E-state index contributed by atoms with van der Waals surface area (Å²) in [7, 11) is 0. The zero-order chi connectivity index (χ0) is 15.0. The smallest absolute Gasteiger partial charge is 0.383 e. The van der Waals surface area contributed by atoms with Crippen molar-refractivity contribution >= 4 is 17.4 Å². The summed E-state index contributed by atoms with van der Waals surface area (Å²) in [4.78, 5) is 8.28. The highest BCUT2D eigenvalue weighted by Crippen LogP contribution is 2.32. The fraction of sp³-hybridized carbons (Fsp3) is 0.0667. The molecule has 0 radical (unpaired) electrons. The van der Waals surface area contributed by atoms with Crippen LogP contribution in [-0.4, -0.2) is 11.7 Å². The normalized spacial score (nSPS) is 16.0. The summed E-state index contributed by atoms with van der Waals surface area (Å²) >= 11 is 0. The molecule has 0 fully saturated rings. The van der Waals surface area contributed by atoms with E-state index >= 15 is 0 Å². The minimum Gasteiger partial charge on any atom is -0.383 e. The van der Waals surface area contributed by atoms with Crippen LogP contribution in [0, 0.1) is 0 Å². The zero-order valence-electron chi connectivity index (χ0n) is 10.7. The van der Waals surface area contributed by atoms with E-state index in [2.05, 4.69) is 9.98 Å². The number of alkyl halides is 3. The van der Waals surface area contributed by atoms with E-state index in [0.717, 1.165) is 17.7 Å². The molecular formula is C15H10F3N3. The van der Waals surface area contributed by atoms with Gasteiger partial charge in [-0.3, -0.25) is 0 Å². The first-order chi connectivity index (χ1) is 9.95. The van der Waals surface area contributed by atoms with Crippen molar-refractivity contribution in [3.05, 3.63) is 65.2 Å². The van der Waals surface area contributed by atoms with Crippen LogP contribution in [0.4, 0.5) is 18.9 Å². The number of nitrogens with zero attached hydrogens (tertiary/aromatic N) is 2. The lowest BCUT2D eigenvalue weighted by Crippen LogP contribution is -2.09. The molecule has 1 aliphatic rings. The molecule has 0 bridgehead atoms. The number of halogens is 3. The molecule has 1 heterocycles. The van der Waals surface area contributed by atoms with Crippen LogP contribution in [0.1, 0.15) is 16.7 Å². The maximum atomic E-state index is 12.7. The molecule has 0 saturated carbocycles. The Morgan fingerprint density at radius 3 is 2.38 bits per heavy atom. The van der Waals surface area contributed by atoms with Gasteiger partial charge in [0.2, 0.25) is 0 Å². The second-order valence-electron chi connectivity index (χ2n) is 4.53. The fourth-order valence-corrected chi connectivity index (χ4v) is 2.10. The van der Waals surface area contributed by atoms with Crippen molar-refractivity contribution in [3.63, 3.8) is 0 Å². The van der Waals surface area contributed by atoms with Gasteiger partial charge >= 0.3 is 6.18 Å². The van der Waals surface area contributed by atoms with Gasteiger partial charge in [-0.1, -0.05) is 30.3 Å². The highest BCUT2D eigenvalue weighted by atomic mass is 19.4. The Labute approximate surface area is 118 Å². The number of hydrogen-bond acceptors (Lipinski definition) is 2. The van der Waals surface area contributed by atoms with Crippen LogP contribution >= 0.6 is 0 Å². The van der Waals surface area contributed by atoms with E-state index in [-0.39, 0.29) is 5.69 Å². The van der Waals surface area contributed by atoms with Crippen molar-refractivity contribution in [2.75, 3.05) is 0 Å². The predicted molar refractivity (Wildman–Crippen MR) is 74.8 cm³/mol. The Morgan fingerprint density at radius 1 is 0.952 bits per heavy atom. The molecule has 6 heteroatoms. The SMILES string of the molecule is NC1=NC(=Nc2cccc(C(F)(F)F)c2)c2ccccc21. The molecule has 106 valence electrons. The molecule has 0 spiro atoms. The van der Waals surface area contributed by atoms with E-state index in [1.54, 1.807) is 18.2 Å². The zero-order valence-corrected chi connectivity index (χ0v) is 10.7. The lowest BCUT2D eigenvalue weighted by Gasteiger charge is -2.06. The van der Waals surface area contributed by atoms with Gasteiger partial charge < -0.3 is 5.73 Å². The third kappa shape index (κ3) is 2.52. The van der Waals surface area contributed by atoms with Crippen molar-refractivity contribution in [2.24, 2.45) is 15.7 Å². The fourth-order valence-electron chi connectivity index (χ4n) is 2.10. The molecule has 2 aromatic rings. The van der Waals surface area contributed by atoms with Gasteiger partial charge in [-0.25, -0.2) is 9.98 Å². The molecule has 2 aromatic carbocycles. The maximum Gasteiger partial charge on any atom is 0.416 e. The number of benzene rings is 2. The summed E-state index contributed by atoms with van der Waals surface area (Å²) in [5, 5.41) is 0. The molecule has 0 saturated heterocycles. The molecule has 2 N–H and O–H groups in total. The summed E-state index contributed by atoms with van der Waals surface area (Å²) in [5.41, 5.74) is 6.68. The van der Waals surface area contributed by atoms with E-state index in [4.69, 9.17) is 5.73 Å². The van der Waals surface area contributed by atoms with Crippen LogP contribution in [0.15, 0.2) is 58.5 Å². The number of hydrogen-bond donors (Lipinski definition) is 1. The molecular weight excluding hydrogens is 279 g/mol. The second kappa shape index (κ2) is 4.73. The van der Waals surface area contributed by atoms with Gasteiger partial charge in [-0.05, 0) is 18.2 Å². The lowest BCUT2D eigenvalue weighted by molar-refractivity contribution is -0.137. The van der Waals surface area contributed by atoms with Crippen LogP contribution in [0.3, 0.4) is 0 Å². The minimum absolute atomic E-state index is 0.188. The predicted octanol–water partition coefficient (Wildman–Crippen LogP) is 3.50. The average molecular weight is 289 g/mol. The molecule has 0 unspecified atom stereocenters. The van der Waals surface area contributed by atoms with Crippen LogP contribution in [0.25, 0.3) is 0 Å². The maximum absolute atomic E-state index is 12.7. The Balaban J connectivity index is 2.05. The van der Waals surface area contributed by atoms with Crippen molar-refractivity contribution in [3.8, 4) is 0 Å². The topological polar surface area (TPSA) is 50.7 Å². The lowest BCUT2D eigenvalue weighted by atomic mass is 10.1. The number of amidine groups is 2. The largest absolute Gasteiger partial charge is 0.416 e. The first-order valence-corrected chi connectivity index (χ1v) is 6.15. The Morgan fingerprint density at radius 2 is 1.67 bits per heavy atom. The molecule has 0 aromatic heterocycles. The van der Waals surface area contributed by atoms with Crippen molar-refractivity contribution in [1.82, 2.24) is 0 Å². The highest BCUT2D eigenvalue weighted by molar-refractivity contribution is 6.22. The number of fused-ring (bicyclic) bond motifs is 1. The first-order valence-electron chi connectivity index (χ1n) is 6.15. The number of nitrogens with two attached hydrogens (primary N) is 1. The third-order valence-electron chi connectivity index (χ3n) is 3.08. The summed E-state index contributed by atoms with van der Waals surface area (Å²) in [6, 6.07) is 12.0. The molecule has 3 nitrogen and oxygen atoms in total. The van der Waals surface area contributed by atoms with Gasteiger partial charge in [-0.2, -0.15) is 13.2 Å². The van der Waals surface area contributed by atoms with Crippen LogP contribution in [-0.2, 0) is 6.18 Å². The Bertz CT molecular complexity index is 761. The molecule has 0 atom stereocenters. The highest BCUT2D eigenvalue weighted by Gasteiger charge is 2.30. The van der Waals surface area contributed by atoms with Gasteiger partial charge in [0.15, 0.2) is 5.84 Å². The molecule has 3 rings (SSSR count). The number of aliphatic imine (C=N–C) groups is 2. The minimum atomic E-state index is -4.40. The molecule has 21 heavy (non-hydrogen) atoms. The van der Waals surface area contributed by atoms with Gasteiger partial charge in [0.1, 0.15) is 5.84 Å². The quantitative estimate of drug-likeness (QED) is 0.858. The Kier molecular flexibility index (Phi) is 3.01. The molecule has 0 amide bonds. The summed E-state index contributed by atoms with van der Waals surface area (Å²) in [6.45, 7) is 0. The monoisotopic (exact) mass is 289 g/mol. The van der Waals surface area contributed by atoms with E-state index in [1.165, 1.54) is 12.1 Å². The summed E-state index contributed by atoms with van der Waals surface area (Å²) in [5.74, 6) is 0.638. The van der Waals surface area contributed by atoms with Crippen LogP contribution in [0.5, 0.6) is 0 Å².